The maximum atomic E-state index is 13.3. The van der Waals surface area contributed by atoms with Crippen LogP contribution in [0.4, 0.5) is 17.6 Å². The normalized spacial score (nSPS) is 34.1. The Labute approximate surface area is 89.0 Å². The molecule has 0 atom stereocenters. The molecular weight excluding hydrogens is 260 g/mol. The van der Waals surface area contributed by atoms with Crippen molar-refractivity contribution in [3.63, 3.8) is 0 Å². The van der Waals surface area contributed by atoms with Gasteiger partial charge in [0.15, 0.2) is 0 Å². The predicted octanol–water partition coefficient (Wildman–Crippen LogP) is 2.77. The van der Waals surface area contributed by atoms with Crippen molar-refractivity contribution in [3.8, 4) is 0 Å². The minimum Gasteiger partial charge on any atom is -0.234 e. The first-order valence-electron chi connectivity index (χ1n) is 4.25. The van der Waals surface area contributed by atoms with Gasteiger partial charge in [0.1, 0.15) is 0 Å². The van der Waals surface area contributed by atoms with Crippen molar-refractivity contribution in [2.75, 3.05) is 0 Å². The molecule has 0 aromatic rings. The van der Waals surface area contributed by atoms with Gasteiger partial charge in [0.25, 0.3) is 0 Å². The van der Waals surface area contributed by atoms with Crippen molar-refractivity contribution in [1.82, 2.24) is 0 Å². The van der Waals surface area contributed by atoms with Crippen LogP contribution in [-0.4, -0.2) is 25.5 Å². The van der Waals surface area contributed by atoms with Crippen LogP contribution in [0.15, 0.2) is 0 Å². The highest BCUT2D eigenvalue weighted by molar-refractivity contribution is 8.14. The van der Waals surface area contributed by atoms with Gasteiger partial charge in [0, 0.05) is 10.7 Å². The molecule has 1 saturated carbocycles. The van der Waals surface area contributed by atoms with Crippen LogP contribution in [0.2, 0.25) is 0 Å². The summed E-state index contributed by atoms with van der Waals surface area (Å²) in [6.07, 6.45) is -7.39. The fraction of sp³-hybridized carbons (Fsp3) is 1.00. The molecular formula is C7H9ClF4O2S. The summed E-state index contributed by atoms with van der Waals surface area (Å²) in [5.41, 5.74) is -3.26. The van der Waals surface area contributed by atoms with E-state index >= 15 is 0 Å². The molecule has 8 heteroatoms. The Bertz CT molecular complexity index is 329. The van der Waals surface area contributed by atoms with E-state index in [9.17, 15) is 26.0 Å². The average molecular weight is 269 g/mol. The summed E-state index contributed by atoms with van der Waals surface area (Å²) in [7, 11) is 1.10. The van der Waals surface area contributed by atoms with E-state index in [0.717, 1.165) is 0 Å². The van der Waals surface area contributed by atoms with Gasteiger partial charge in [-0.3, -0.25) is 0 Å². The molecule has 0 unspecified atom stereocenters. The first kappa shape index (κ1) is 13.0. The number of rotatable bonds is 1. The third kappa shape index (κ3) is 2.75. The van der Waals surface area contributed by atoms with Gasteiger partial charge in [-0.25, -0.2) is 12.8 Å². The smallest absolute Gasteiger partial charge is 0.234 e. The van der Waals surface area contributed by atoms with Crippen LogP contribution in [-0.2, 0) is 9.05 Å². The van der Waals surface area contributed by atoms with Crippen LogP contribution in [0.1, 0.15) is 25.7 Å². The van der Waals surface area contributed by atoms with E-state index in [1.807, 2.05) is 0 Å². The molecule has 0 saturated heterocycles. The van der Waals surface area contributed by atoms with Crippen LogP contribution < -0.4 is 0 Å². The Morgan fingerprint density at radius 3 is 1.87 bits per heavy atom. The van der Waals surface area contributed by atoms with Crippen LogP contribution >= 0.6 is 10.7 Å². The highest BCUT2D eigenvalue weighted by Gasteiger charge is 2.57. The van der Waals surface area contributed by atoms with Crippen molar-refractivity contribution < 1.29 is 26.0 Å². The summed E-state index contributed by atoms with van der Waals surface area (Å²) in [5.74, 6) is 0. The van der Waals surface area contributed by atoms with Gasteiger partial charge < -0.3 is 0 Å². The second kappa shape index (κ2) is 3.76. The van der Waals surface area contributed by atoms with Crippen molar-refractivity contribution in [1.29, 1.82) is 0 Å². The Morgan fingerprint density at radius 1 is 1.20 bits per heavy atom. The standard InChI is InChI=1S/C7H9ClF4O2S/c8-15(13,14)5-1-3-6(9,4-2-5)7(10,11)12/h5H,1-4H2. The lowest BCUT2D eigenvalue weighted by atomic mass is 9.85. The molecule has 0 aliphatic heterocycles. The van der Waals surface area contributed by atoms with Gasteiger partial charge in [-0.1, -0.05) is 0 Å². The number of halogens is 5. The Hall–Kier alpha value is -0.0400. The molecule has 0 aromatic carbocycles. The van der Waals surface area contributed by atoms with Crippen molar-refractivity contribution in [2.24, 2.45) is 0 Å². The fourth-order valence-corrected chi connectivity index (χ4v) is 2.95. The topological polar surface area (TPSA) is 34.1 Å². The quantitative estimate of drug-likeness (QED) is 0.541. The van der Waals surface area contributed by atoms with Crippen LogP contribution in [0.25, 0.3) is 0 Å². The molecule has 0 bridgehead atoms. The first-order valence-corrected chi connectivity index (χ1v) is 6.63. The van der Waals surface area contributed by atoms with Gasteiger partial charge in [-0.05, 0) is 25.7 Å². The molecule has 0 spiro atoms. The third-order valence-electron chi connectivity index (χ3n) is 2.63. The lowest BCUT2D eigenvalue weighted by Gasteiger charge is -2.33. The van der Waals surface area contributed by atoms with E-state index in [0.29, 0.717) is 0 Å². The predicted molar refractivity (Wildman–Crippen MR) is 46.9 cm³/mol. The highest BCUT2D eigenvalue weighted by Crippen LogP contribution is 2.46. The summed E-state index contributed by atoms with van der Waals surface area (Å²) in [6, 6.07) is 0. The maximum absolute atomic E-state index is 13.3. The minimum atomic E-state index is -4.94. The Kier molecular flexibility index (Phi) is 3.27. The first-order chi connectivity index (χ1) is 6.56. The number of hydrogen-bond donors (Lipinski definition) is 0. The lowest BCUT2D eigenvalue weighted by molar-refractivity contribution is -0.239. The average Bonchev–Trinajstić information content (AvgIpc) is 2.01. The van der Waals surface area contributed by atoms with Crippen molar-refractivity contribution in [2.45, 2.75) is 42.8 Å². The molecule has 0 amide bonds. The zero-order chi connectivity index (χ0) is 11.9. The summed E-state index contributed by atoms with van der Waals surface area (Å²) in [4.78, 5) is 0. The van der Waals surface area contributed by atoms with E-state index in [2.05, 4.69) is 0 Å². The van der Waals surface area contributed by atoms with Crippen molar-refractivity contribution >= 4 is 19.7 Å². The van der Waals surface area contributed by atoms with E-state index in [1.165, 1.54) is 0 Å². The van der Waals surface area contributed by atoms with Gasteiger partial charge in [0.05, 0.1) is 5.25 Å². The molecule has 15 heavy (non-hydrogen) atoms. The van der Waals surface area contributed by atoms with Gasteiger partial charge >= 0.3 is 6.18 Å². The summed E-state index contributed by atoms with van der Waals surface area (Å²) in [6.45, 7) is 0. The largest absolute Gasteiger partial charge is 0.422 e. The van der Waals surface area contributed by atoms with Crippen LogP contribution in [0, 0.1) is 0 Å². The maximum Gasteiger partial charge on any atom is 0.422 e. The second-order valence-electron chi connectivity index (χ2n) is 3.64. The molecule has 0 N–H and O–H groups in total. The van der Waals surface area contributed by atoms with Gasteiger partial charge in [0.2, 0.25) is 14.7 Å². The zero-order valence-corrected chi connectivity index (χ0v) is 9.09. The van der Waals surface area contributed by atoms with E-state index in [4.69, 9.17) is 10.7 Å². The Balaban J connectivity index is 2.72. The number of hydrogen-bond acceptors (Lipinski definition) is 2. The van der Waals surface area contributed by atoms with Crippen LogP contribution in [0.3, 0.4) is 0 Å². The zero-order valence-electron chi connectivity index (χ0n) is 7.52. The molecule has 1 aliphatic carbocycles. The number of alkyl halides is 4. The molecule has 1 aliphatic rings. The SMILES string of the molecule is O=S(=O)(Cl)C1CCC(F)(C(F)(F)F)CC1. The van der Waals surface area contributed by atoms with E-state index in [1.54, 1.807) is 0 Å². The molecule has 1 rings (SSSR count). The Morgan fingerprint density at radius 2 is 1.60 bits per heavy atom. The summed E-state index contributed by atoms with van der Waals surface area (Å²) < 4.78 is 71.5. The van der Waals surface area contributed by atoms with Gasteiger partial charge in [-0.15, -0.1) is 0 Å². The summed E-state index contributed by atoms with van der Waals surface area (Å²) in [5, 5.41) is -1.06. The molecule has 0 aromatic heterocycles. The molecule has 0 radical (unpaired) electrons. The molecule has 0 heterocycles. The van der Waals surface area contributed by atoms with E-state index in [-0.39, 0.29) is 12.8 Å². The summed E-state index contributed by atoms with van der Waals surface area (Å²) >= 11 is 0. The monoisotopic (exact) mass is 268 g/mol. The highest BCUT2D eigenvalue weighted by atomic mass is 35.7. The van der Waals surface area contributed by atoms with Gasteiger partial charge in [-0.2, -0.15) is 13.2 Å². The van der Waals surface area contributed by atoms with Crippen LogP contribution in [0.5, 0.6) is 0 Å². The minimum absolute atomic E-state index is 0.387. The lowest BCUT2D eigenvalue weighted by Crippen LogP contribution is -2.45. The second-order valence-corrected chi connectivity index (χ2v) is 6.55. The van der Waals surface area contributed by atoms with E-state index < -0.39 is 39.0 Å². The fourth-order valence-electron chi connectivity index (χ4n) is 1.61. The molecule has 1 fully saturated rings. The molecule has 90 valence electrons. The molecule has 2 nitrogen and oxygen atoms in total. The van der Waals surface area contributed by atoms with Crippen molar-refractivity contribution in [3.05, 3.63) is 0 Å². The third-order valence-corrected chi connectivity index (χ3v) is 4.65.